The van der Waals surface area contributed by atoms with E-state index in [1.54, 1.807) is 18.9 Å². The summed E-state index contributed by atoms with van der Waals surface area (Å²) in [6.45, 7) is 0.498. The second-order valence-electron chi connectivity index (χ2n) is 12.1. The molecule has 1 aliphatic heterocycles. The fourth-order valence-electron chi connectivity index (χ4n) is 6.60. The van der Waals surface area contributed by atoms with Crippen LogP contribution in [0.1, 0.15) is 17.3 Å². The summed E-state index contributed by atoms with van der Waals surface area (Å²) in [6, 6.07) is 48.0. The van der Waals surface area contributed by atoms with E-state index >= 15 is 0 Å². The zero-order valence-electron chi connectivity index (χ0n) is 27.4. The van der Waals surface area contributed by atoms with Crippen LogP contribution in [0, 0.1) is 0 Å². The third-order valence-electron chi connectivity index (χ3n) is 9.06. The maximum absolute atomic E-state index is 13.1. The first-order chi connectivity index (χ1) is 24.6. The van der Waals surface area contributed by atoms with Gasteiger partial charge in [-0.1, -0.05) is 96.7 Å². The Hall–Kier alpha value is -5.99. The number of hydrogen-bond donors (Lipinski definition) is 2. The quantitative estimate of drug-likeness (QED) is 0.158. The smallest absolute Gasteiger partial charge is 0.281 e. The molecule has 7 nitrogen and oxygen atoms in total. The highest BCUT2D eigenvalue weighted by Gasteiger charge is 2.31. The number of methoxy groups -OCH3 is 1. The molecule has 1 unspecified atom stereocenters. The van der Waals surface area contributed by atoms with Gasteiger partial charge in [-0.2, -0.15) is 4.98 Å². The molecule has 1 atom stereocenters. The summed E-state index contributed by atoms with van der Waals surface area (Å²) in [5.74, 6) is 1.62. The van der Waals surface area contributed by atoms with Crippen molar-refractivity contribution < 1.29 is 9.84 Å². The number of rotatable bonds is 9. The number of phenolic OH excluding ortho intramolecular Hbond substituents is 1. The van der Waals surface area contributed by atoms with E-state index in [9.17, 15) is 9.90 Å². The van der Waals surface area contributed by atoms with Crippen molar-refractivity contribution in [3.05, 3.63) is 167 Å². The molecule has 50 heavy (non-hydrogen) atoms. The third kappa shape index (κ3) is 5.95. The van der Waals surface area contributed by atoms with Crippen LogP contribution in [-0.4, -0.2) is 21.8 Å². The predicted molar refractivity (Wildman–Crippen MR) is 202 cm³/mol. The van der Waals surface area contributed by atoms with Gasteiger partial charge in [-0.15, -0.1) is 0 Å². The predicted octanol–water partition coefficient (Wildman–Crippen LogP) is 9.43. The van der Waals surface area contributed by atoms with Gasteiger partial charge in [0.1, 0.15) is 23.5 Å². The highest BCUT2D eigenvalue weighted by molar-refractivity contribution is 7.99. The molecule has 246 valence electrons. The molecule has 1 aromatic heterocycles. The number of nitrogens with one attached hydrogen (secondary N) is 1. The summed E-state index contributed by atoms with van der Waals surface area (Å²) in [6.07, 6.45) is 0.214. The lowest BCUT2D eigenvalue weighted by atomic mass is 10.0. The number of phenols is 1. The van der Waals surface area contributed by atoms with Crippen LogP contribution in [0.5, 0.6) is 11.5 Å². The number of anilines is 3. The summed E-state index contributed by atoms with van der Waals surface area (Å²) in [4.78, 5) is 22.0. The number of aromatic hydroxyl groups is 1. The summed E-state index contributed by atoms with van der Waals surface area (Å²) < 4.78 is 7.59. The molecule has 0 spiro atoms. The Morgan fingerprint density at radius 1 is 0.780 bits per heavy atom. The normalized spacial score (nSPS) is 12.6. The van der Waals surface area contributed by atoms with E-state index in [2.05, 4.69) is 68.3 Å². The minimum absolute atomic E-state index is 0.229. The molecule has 8 heteroatoms. The Labute approximate surface area is 294 Å². The van der Waals surface area contributed by atoms with E-state index in [0.29, 0.717) is 24.2 Å². The molecule has 0 bridgehead atoms. The van der Waals surface area contributed by atoms with Crippen LogP contribution >= 0.6 is 11.8 Å². The van der Waals surface area contributed by atoms with Crippen molar-refractivity contribution in [2.24, 2.45) is 0 Å². The van der Waals surface area contributed by atoms with Crippen molar-refractivity contribution in [2.75, 3.05) is 17.3 Å². The molecule has 1 aliphatic rings. The van der Waals surface area contributed by atoms with Gasteiger partial charge in [0, 0.05) is 27.6 Å². The van der Waals surface area contributed by atoms with Crippen molar-refractivity contribution in [3.8, 4) is 22.9 Å². The molecule has 6 aromatic carbocycles. The molecule has 0 fully saturated rings. The van der Waals surface area contributed by atoms with Gasteiger partial charge in [-0.25, -0.2) is 0 Å². The van der Waals surface area contributed by atoms with Crippen LogP contribution in [-0.2, 0) is 13.0 Å². The average Bonchev–Trinajstić information content (AvgIpc) is 3.17. The number of fused-ring (bicyclic) bond motifs is 3. The standard InChI is InChI=1S/C42H34N4O3S/c1-49-32-22-20-29(21-23-32)41(43-31-14-6-3-7-15-31)46-35-18-10-11-19-38(35)50-39-27-37(47)30(26-36(39)46)24-25-45-34-17-9-8-16-33(34)42(48)44-40(45)28-12-4-2-5-13-28/h2-23,26-27,41,43,47H,24-25H2,1H3. The van der Waals surface area contributed by atoms with Crippen LogP contribution in [0.3, 0.4) is 0 Å². The number of benzene rings is 6. The molecule has 2 heterocycles. The van der Waals surface area contributed by atoms with Crippen molar-refractivity contribution in [1.82, 2.24) is 9.55 Å². The van der Waals surface area contributed by atoms with Crippen LogP contribution in [0.15, 0.2) is 160 Å². The molecule has 0 saturated heterocycles. The Kier molecular flexibility index (Phi) is 8.44. The molecule has 8 rings (SSSR count). The fraction of sp³-hybridized carbons (Fsp3) is 0.0952. The maximum atomic E-state index is 13.1. The lowest BCUT2D eigenvalue weighted by Crippen LogP contribution is -2.32. The van der Waals surface area contributed by atoms with Gasteiger partial charge in [0.25, 0.3) is 5.56 Å². The second-order valence-corrected chi connectivity index (χ2v) is 13.2. The van der Waals surface area contributed by atoms with Gasteiger partial charge in [0.15, 0.2) is 0 Å². The Morgan fingerprint density at radius 2 is 1.48 bits per heavy atom. The lowest BCUT2D eigenvalue weighted by Gasteiger charge is -2.40. The van der Waals surface area contributed by atoms with Gasteiger partial charge in [0.05, 0.1) is 29.4 Å². The lowest BCUT2D eigenvalue weighted by molar-refractivity contribution is 0.414. The van der Waals surface area contributed by atoms with E-state index in [4.69, 9.17) is 4.74 Å². The minimum atomic E-state index is -0.293. The first-order valence-electron chi connectivity index (χ1n) is 16.5. The zero-order valence-corrected chi connectivity index (χ0v) is 28.2. The molecule has 0 saturated carbocycles. The van der Waals surface area contributed by atoms with E-state index in [1.165, 1.54) is 0 Å². The number of ether oxygens (including phenoxy) is 1. The second kappa shape index (κ2) is 13.5. The highest BCUT2D eigenvalue weighted by Crippen LogP contribution is 2.53. The monoisotopic (exact) mass is 674 g/mol. The summed E-state index contributed by atoms with van der Waals surface area (Å²) >= 11 is 1.65. The summed E-state index contributed by atoms with van der Waals surface area (Å²) in [5, 5.41) is 15.9. The van der Waals surface area contributed by atoms with Crippen LogP contribution in [0.2, 0.25) is 0 Å². The summed E-state index contributed by atoms with van der Waals surface area (Å²) in [7, 11) is 1.67. The van der Waals surface area contributed by atoms with Crippen molar-refractivity contribution in [1.29, 1.82) is 0 Å². The number of nitrogens with zero attached hydrogens (tertiary/aromatic N) is 3. The number of hydrogen-bond acceptors (Lipinski definition) is 7. The van der Waals surface area contributed by atoms with Gasteiger partial charge in [0.2, 0.25) is 0 Å². The third-order valence-corrected chi connectivity index (χ3v) is 10.2. The van der Waals surface area contributed by atoms with E-state index in [0.717, 1.165) is 54.8 Å². The number of aryl methyl sites for hydroxylation is 2. The fourth-order valence-corrected chi connectivity index (χ4v) is 7.69. The average molecular weight is 675 g/mol. The molecule has 2 N–H and O–H groups in total. The van der Waals surface area contributed by atoms with E-state index in [-0.39, 0.29) is 17.5 Å². The van der Waals surface area contributed by atoms with Gasteiger partial charge >= 0.3 is 0 Å². The summed E-state index contributed by atoms with van der Waals surface area (Å²) in [5.41, 5.74) is 6.29. The van der Waals surface area contributed by atoms with Gasteiger partial charge in [-0.3, -0.25) is 4.79 Å². The van der Waals surface area contributed by atoms with Crippen molar-refractivity contribution >= 4 is 39.7 Å². The van der Waals surface area contributed by atoms with Crippen molar-refractivity contribution in [3.63, 3.8) is 0 Å². The van der Waals surface area contributed by atoms with Gasteiger partial charge in [-0.05, 0) is 78.2 Å². The van der Waals surface area contributed by atoms with E-state index in [1.807, 2.05) is 97.1 Å². The minimum Gasteiger partial charge on any atom is -0.508 e. The molecular formula is C42H34N4O3S. The van der Waals surface area contributed by atoms with Crippen LogP contribution < -0.4 is 20.5 Å². The maximum Gasteiger partial charge on any atom is 0.281 e. The molecule has 0 amide bonds. The molecular weight excluding hydrogens is 641 g/mol. The first-order valence-corrected chi connectivity index (χ1v) is 17.3. The molecule has 7 aromatic rings. The Bertz CT molecular complexity index is 2360. The molecule has 0 aliphatic carbocycles. The van der Waals surface area contributed by atoms with Crippen LogP contribution in [0.25, 0.3) is 22.3 Å². The van der Waals surface area contributed by atoms with Crippen molar-refractivity contribution in [2.45, 2.75) is 28.9 Å². The Morgan fingerprint density at radius 3 is 2.26 bits per heavy atom. The topological polar surface area (TPSA) is 79.6 Å². The van der Waals surface area contributed by atoms with Gasteiger partial charge < -0.3 is 24.6 Å². The first kappa shape index (κ1) is 31.3. The van der Waals surface area contributed by atoms with E-state index < -0.39 is 0 Å². The van der Waals surface area contributed by atoms with Crippen LogP contribution in [0.4, 0.5) is 17.1 Å². The zero-order chi connectivity index (χ0) is 34.0. The highest BCUT2D eigenvalue weighted by atomic mass is 32.2. The largest absolute Gasteiger partial charge is 0.508 e. The number of aromatic nitrogens is 2. The number of para-hydroxylation sites is 3. The SMILES string of the molecule is COc1ccc(C(Nc2ccccc2)N2c3ccccc3Sc3cc(O)c(CCn4c(-c5ccccc5)nc(=O)c5ccccc54)cc32)cc1. The molecule has 0 radical (unpaired) electrons. The Balaban J connectivity index is 1.24.